The number of anilines is 2. The van der Waals surface area contributed by atoms with E-state index >= 15 is 0 Å². The largest absolute Gasteiger partial charge is 0.325 e. The van der Waals surface area contributed by atoms with E-state index in [4.69, 9.17) is 0 Å². The molecule has 0 saturated heterocycles. The van der Waals surface area contributed by atoms with E-state index in [0.29, 0.717) is 15.2 Å². The van der Waals surface area contributed by atoms with Crippen LogP contribution in [0.3, 0.4) is 0 Å². The first kappa shape index (κ1) is 18.3. The lowest BCUT2D eigenvalue weighted by Gasteiger charge is -2.15. The Bertz CT molecular complexity index is 726. The molecule has 0 saturated carbocycles. The monoisotopic (exact) mass is 368 g/mol. The van der Waals surface area contributed by atoms with E-state index in [1.807, 2.05) is 0 Å². The fourth-order valence-electron chi connectivity index (χ4n) is 1.46. The van der Waals surface area contributed by atoms with Crippen molar-refractivity contribution in [2.45, 2.75) is 25.1 Å². The van der Waals surface area contributed by atoms with Gasteiger partial charge in [0.1, 0.15) is 5.82 Å². The SMILES string of the molecule is CC(C)(C)C(=O)Nc1nnc(SCC(=O)Nc2ccc(F)cc2)s1. The number of rotatable bonds is 5. The molecule has 9 heteroatoms. The molecule has 0 atom stereocenters. The number of benzene rings is 1. The number of hydrogen-bond donors (Lipinski definition) is 2. The molecule has 0 aliphatic rings. The van der Waals surface area contributed by atoms with Gasteiger partial charge < -0.3 is 10.6 Å². The summed E-state index contributed by atoms with van der Waals surface area (Å²) in [5, 5.41) is 13.6. The lowest BCUT2D eigenvalue weighted by atomic mass is 9.96. The van der Waals surface area contributed by atoms with Crippen LogP contribution in [0.15, 0.2) is 28.6 Å². The number of carbonyl (C=O) groups excluding carboxylic acids is 2. The molecule has 2 N–H and O–H groups in total. The predicted octanol–water partition coefficient (Wildman–Crippen LogP) is 3.39. The number of amides is 2. The number of thioether (sulfide) groups is 1. The van der Waals surface area contributed by atoms with Gasteiger partial charge in [0.2, 0.25) is 16.9 Å². The minimum absolute atomic E-state index is 0.138. The summed E-state index contributed by atoms with van der Waals surface area (Å²) >= 11 is 2.42. The van der Waals surface area contributed by atoms with E-state index < -0.39 is 5.41 Å². The van der Waals surface area contributed by atoms with Crippen molar-refractivity contribution in [3.05, 3.63) is 30.1 Å². The minimum atomic E-state index is -0.520. The maximum absolute atomic E-state index is 12.8. The Labute approximate surface area is 147 Å². The van der Waals surface area contributed by atoms with Crippen molar-refractivity contribution in [1.82, 2.24) is 10.2 Å². The highest BCUT2D eigenvalue weighted by molar-refractivity contribution is 8.01. The predicted molar refractivity (Wildman–Crippen MR) is 93.7 cm³/mol. The molecule has 0 spiro atoms. The molecule has 0 bridgehead atoms. The maximum Gasteiger partial charge on any atom is 0.234 e. The lowest BCUT2D eigenvalue weighted by molar-refractivity contribution is -0.123. The second-order valence-electron chi connectivity index (χ2n) is 5.92. The van der Waals surface area contributed by atoms with Gasteiger partial charge in [0.05, 0.1) is 5.75 Å². The van der Waals surface area contributed by atoms with Crippen molar-refractivity contribution >= 4 is 45.7 Å². The van der Waals surface area contributed by atoms with Crippen LogP contribution in [0.4, 0.5) is 15.2 Å². The molecular weight excluding hydrogens is 351 g/mol. The molecule has 128 valence electrons. The van der Waals surface area contributed by atoms with Crippen LogP contribution in [0.1, 0.15) is 20.8 Å². The Morgan fingerprint density at radius 1 is 1.17 bits per heavy atom. The van der Waals surface area contributed by atoms with Crippen LogP contribution in [0.2, 0.25) is 0 Å². The molecule has 1 aromatic heterocycles. The number of halogens is 1. The van der Waals surface area contributed by atoms with Crippen LogP contribution in [0.25, 0.3) is 0 Å². The normalized spacial score (nSPS) is 11.2. The second kappa shape index (κ2) is 7.71. The van der Waals surface area contributed by atoms with Crippen LogP contribution >= 0.6 is 23.1 Å². The van der Waals surface area contributed by atoms with Gasteiger partial charge in [-0.25, -0.2) is 4.39 Å². The molecule has 0 aliphatic heterocycles. The van der Waals surface area contributed by atoms with Crippen molar-refractivity contribution in [3.8, 4) is 0 Å². The summed E-state index contributed by atoms with van der Waals surface area (Å²) in [5.41, 5.74) is 0.00554. The summed E-state index contributed by atoms with van der Waals surface area (Å²) in [5.74, 6) is -0.605. The molecule has 6 nitrogen and oxygen atoms in total. The van der Waals surface area contributed by atoms with Gasteiger partial charge in [0.15, 0.2) is 4.34 Å². The maximum atomic E-state index is 12.8. The number of nitrogens with one attached hydrogen (secondary N) is 2. The number of aromatic nitrogens is 2. The zero-order valence-electron chi connectivity index (χ0n) is 13.4. The molecule has 0 aliphatic carbocycles. The Hall–Kier alpha value is -2.00. The van der Waals surface area contributed by atoms with Gasteiger partial charge in [-0.2, -0.15) is 0 Å². The summed E-state index contributed by atoms with van der Waals surface area (Å²) in [6, 6.07) is 5.53. The molecule has 0 fully saturated rings. The first-order valence-corrected chi connectivity index (χ1v) is 8.87. The summed E-state index contributed by atoms with van der Waals surface area (Å²) < 4.78 is 13.4. The third kappa shape index (κ3) is 5.57. The van der Waals surface area contributed by atoms with Crippen molar-refractivity contribution in [2.75, 3.05) is 16.4 Å². The zero-order chi connectivity index (χ0) is 17.7. The molecule has 2 rings (SSSR count). The third-order valence-corrected chi connectivity index (χ3v) is 4.73. The fourth-order valence-corrected chi connectivity index (χ4v) is 3.01. The summed E-state index contributed by atoms with van der Waals surface area (Å²) in [4.78, 5) is 23.7. The Morgan fingerprint density at radius 2 is 1.83 bits per heavy atom. The standard InChI is InChI=1S/C15H17FN4O2S2/c1-15(2,3)12(22)18-13-19-20-14(24-13)23-8-11(21)17-10-6-4-9(16)5-7-10/h4-7H,8H2,1-3H3,(H,17,21)(H,18,19,22). The van der Waals surface area contributed by atoms with E-state index in [2.05, 4.69) is 20.8 Å². The van der Waals surface area contributed by atoms with Crippen LogP contribution in [0.5, 0.6) is 0 Å². The lowest BCUT2D eigenvalue weighted by Crippen LogP contribution is -2.27. The topological polar surface area (TPSA) is 84.0 Å². The van der Waals surface area contributed by atoms with Crippen LogP contribution in [-0.2, 0) is 9.59 Å². The van der Waals surface area contributed by atoms with Crippen molar-refractivity contribution < 1.29 is 14.0 Å². The molecule has 2 aromatic rings. The summed E-state index contributed by atoms with van der Waals surface area (Å²) in [7, 11) is 0. The Balaban J connectivity index is 1.83. The summed E-state index contributed by atoms with van der Waals surface area (Å²) in [6.45, 7) is 5.41. The first-order chi connectivity index (χ1) is 11.2. The van der Waals surface area contributed by atoms with Gasteiger partial charge >= 0.3 is 0 Å². The van der Waals surface area contributed by atoms with Crippen molar-refractivity contribution in [2.24, 2.45) is 5.41 Å². The van der Waals surface area contributed by atoms with Gasteiger partial charge in [0, 0.05) is 11.1 Å². The van der Waals surface area contributed by atoms with Gasteiger partial charge in [0.25, 0.3) is 0 Å². The number of nitrogens with zero attached hydrogens (tertiary/aromatic N) is 2. The molecule has 1 aromatic carbocycles. The number of hydrogen-bond acceptors (Lipinski definition) is 6. The molecule has 0 radical (unpaired) electrons. The van der Waals surface area contributed by atoms with Crippen LogP contribution in [0, 0.1) is 11.2 Å². The van der Waals surface area contributed by atoms with E-state index in [1.54, 1.807) is 20.8 Å². The molecule has 2 amide bonds. The van der Waals surface area contributed by atoms with Crippen molar-refractivity contribution in [3.63, 3.8) is 0 Å². The van der Waals surface area contributed by atoms with Crippen LogP contribution < -0.4 is 10.6 Å². The van der Waals surface area contributed by atoms with E-state index in [0.717, 1.165) is 0 Å². The van der Waals surface area contributed by atoms with Gasteiger partial charge in [-0.05, 0) is 24.3 Å². The van der Waals surface area contributed by atoms with E-state index in [9.17, 15) is 14.0 Å². The first-order valence-electron chi connectivity index (χ1n) is 7.07. The second-order valence-corrected chi connectivity index (χ2v) is 8.12. The number of carbonyl (C=O) groups is 2. The quantitative estimate of drug-likeness (QED) is 0.624. The fraction of sp³-hybridized carbons (Fsp3) is 0.333. The average Bonchev–Trinajstić information content (AvgIpc) is 2.94. The van der Waals surface area contributed by atoms with Crippen LogP contribution in [-0.4, -0.2) is 27.8 Å². The Kier molecular flexibility index (Phi) is 5.89. The molecule has 0 unspecified atom stereocenters. The Morgan fingerprint density at radius 3 is 2.46 bits per heavy atom. The van der Waals surface area contributed by atoms with Gasteiger partial charge in [-0.15, -0.1) is 10.2 Å². The van der Waals surface area contributed by atoms with Crippen molar-refractivity contribution in [1.29, 1.82) is 0 Å². The zero-order valence-corrected chi connectivity index (χ0v) is 15.1. The molecular formula is C15H17FN4O2S2. The highest BCUT2D eigenvalue weighted by Gasteiger charge is 2.22. The summed E-state index contributed by atoms with van der Waals surface area (Å²) in [6.07, 6.45) is 0. The molecule has 24 heavy (non-hydrogen) atoms. The smallest absolute Gasteiger partial charge is 0.234 e. The molecule has 1 heterocycles. The van der Waals surface area contributed by atoms with Gasteiger partial charge in [-0.1, -0.05) is 43.9 Å². The van der Waals surface area contributed by atoms with E-state index in [-0.39, 0.29) is 23.4 Å². The van der Waals surface area contributed by atoms with Gasteiger partial charge in [-0.3, -0.25) is 9.59 Å². The average molecular weight is 368 g/mol. The highest BCUT2D eigenvalue weighted by Crippen LogP contribution is 2.27. The van der Waals surface area contributed by atoms with E-state index in [1.165, 1.54) is 47.4 Å². The minimum Gasteiger partial charge on any atom is -0.325 e. The highest BCUT2D eigenvalue weighted by atomic mass is 32.2. The third-order valence-electron chi connectivity index (χ3n) is 2.76.